The molecule has 0 radical (unpaired) electrons. The molecule has 11 aromatic carbocycles. The minimum atomic E-state index is -1.46. The summed E-state index contributed by atoms with van der Waals surface area (Å²) in [6.45, 7) is 42.5. The molecule has 0 saturated carbocycles. The van der Waals surface area contributed by atoms with E-state index in [1.807, 2.05) is 91.0 Å². The average Bonchev–Trinajstić information content (AvgIpc) is 1.58. The summed E-state index contributed by atoms with van der Waals surface area (Å²) in [7, 11) is -2.59. The van der Waals surface area contributed by atoms with E-state index < -0.39 is 7.12 Å². The Labute approximate surface area is 745 Å². The van der Waals surface area contributed by atoms with Crippen molar-refractivity contribution >= 4 is 133 Å². The molecule has 4 aliphatic heterocycles. The van der Waals surface area contributed by atoms with Gasteiger partial charge in [-0.25, -0.2) is 0 Å². The Morgan fingerprint density at radius 2 is 0.600 bits per heavy atom. The lowest BCUT2D eigenvalue weighted by molar-refractivity contribution is 0.00578. The molecular formula is C99H109B4Br4NO12. The first-order valence-electron chi connectivity index (χ1n) is 40.5. The van der Waals surface area contributed by atoms with Gasteiger partial charge in [0.15, 0.2) is 0 Å². The third kappa shape index (κ3) is 22.4. The molecule has 4 saturated heterocycles. The van der Waals surface area contributed by atoms with Gasteiger partial charge in [0, 0.05) is 54.2 Å². The van der Waals surface area contributed by atoms with Crippen molar-refractivity contribution in [1.82, 2.24) is 4.90 Å². The van der Waals surface area contributed by atoms with Crippen molar-refractivity contribution in [2.75, 3.05) is 13.1 Å². The zero-order valence-electron chi connectivity index (χ0n) is 72.3. The highest BCUT2D eigenvalue weighted by Gasteiger charge is 2.54. The number of halogens is 4. The van der Waals surface area contributed by atoms with Gasteiger partial charge >= 0.3 is 28.5 Å². The summed E-state index contributed by atoms with van der Waals surface area (Å²) in [6.07, 6.45) is 3.13. The van der Waals surface area contributed by atoms with Crippen LogP contribution in [0.5, 0.6) is 0 Å². The summed E-state index contributed by atoms with van der Waals surface area (Å²) in [6, 6.07) is 74.3. The number of likely N-dealkylation sites (tertiary alicyclic amines) is 1. The second-order valence-corrected chi connectivity index (χ2v) is 37.4. The Hall–Kier alpha value is -7.79. The lowest BCUT2D eigenvalue weighted by Gasteiger charge is -2.32. The summed E-state index contributed by atoms with van der Waals surface area (Å²) < 4.78 is 42.4. The van der Waals surface area contributed by atoms with Gasteiger partial charge in [-0.15, -0.1) is 0 Å². The number of β-amino-alcohol motifs (C(OH)–C–C–N with tert-alkyl or cyclic N) is 1. The summed E-state index contributed by atoms with van der Waals surface area (Å²) in [5, 5.41) is 27.1. The largest absolute Gasteiger partial charge is 0.495 e. The number of carbonyl (C=O) groups is 3. The van der Waals surface area contributed by atoms with Crippen LogP contribution in [0.3, 0.4) is 0 Å². The Balaban J connectivity index is 0.000000163. The highest BCUT2D eigenvalue weighted by molar-refractivity contribution is 9.11. The number of carbonyl (C=O) groups excluding carboxylic acids is 3. The molecule has 13 nitrogen and oxygen atoms in total. The van der Waals surface area contributed by atoms with Crippen molar-refractivity contribution in [3.05, 3.63) is 304 Å². The van der Waals surface area contributed by atoms with E-state index in [9.17, 15) is 19.5 Å². The van der Waals surface area contributed by atoms with Gasteiger partial charge in [0.05, 0.1) is 39.7 Å². The van der Waals surface area contributed by atoms with E-state index >= 15 is 0 Å². The average molecular weight is 1870 g/mol. The molecule has 21 heteroatoms. The molecule has 15 rings (SSSR count). The van der Waals surface area contributed by atoms with Crippen LogP contribution >= 0.6 is 63.7 Å². The number of aliphatic hydroxyl groups excluding tert-OH is 1. The molecule has 0 bridgehead atoms. The molecule has 622 valence electrons. The molecule has 4 aliphatic rings. The van der Waals surface area contributed by atoms with E-state index in [1.54, 1.807) is 0 Å². The lowest BCUT2D eigenvalue weighted by atomic mass is 9.74. The summed E-state index contributed by atoms with van der Waals surface area (Å²) >= 11 is 13.7. The van der Waals surface area contributed by atoms with Crippen LogP contribution in [0.4, 0.5) is 0 Å². The Bertz CT molecular complexity index is 5270. The summed E-state index contributed by atoms with van der Waals surface area (Å²) in [4.78, 5) is 34.3. The monoisotopic (exact) mass is 1860 g/mol. The molecule has 4 fully saturated rings. The van der Waals surface area contributed by atoms with E-state index in [2.05, 4.69) is 309 Å². The molecule has 11 aromatic rings. The highest BCUT2D eigenvalue weighted by Crippen LogP contribution is 2.42. The first-order valence-corrected chi connectivity index (χ1v) is 43.7. The Kier molecular flexibility index (Phi) is 31.7. The van der Waals surface area contributed by atoms with Gasteiger partial charge in [0.25, 0.3) is 0 Å². The van der Waals surface area contributed by atoms with Crippen LogP contribution in [-0.2, 0) is 34.5 Å². The maximum absolute atomic E-state index is 11.0. The molecule has 0 aliphatic carbocycles. The van der Waals surface area contributed by atoms with Gasteiger partial charge in [-0.05, 0) is 284 Å². The minimum Gasteiger partial charge on any atom is -0.423 e. The number of hydrogen-bond donors (Lipinski definition) is 3. The number of rotatable bonds is 14. The molecule has 0 spiro atoms. The van der Waals surface area contributed by atoms with Crippen molar-refractivity contribution in [3.8, 4) is 55.6 Å². The topological polar surface area (TPSA) is 171 Å². The van der Waals surface area contributed by atoms with Gasteiger partial charge in [-0.3, -0.25) is 19.3 Å². The fraction of sp³-hybridized carbons (Fsp3) is 0.303. The number of aliphatic hydroxyl groups is 1. The van der Waals surface area contributed by atoms with Gasteiger partial charge in [0.1, 0.15) is 18.9 Å². The van der Waals surface area contributed by atoms with Crippen LogP contribution in [0, 0.1) is 48.5 Å². The first-order chi connectivity index (χ1) is 56.6. The van der Waals surface area contributed by atoms with Gasteiger partial charge in [-0.2, -0.15) is 0 Å². The number of nitrogens with zero attached hydrogens (tertiary/aromatic N) is 1. The third-order valence-electron chi connectivity index (χ3n) is 24.3. The zero-order valence-corrected chi connectivity index (χ0v) is 78.6. The lowest BCUT2D eigenvalue weighted by Crippen LogP contribution is -2.41. The molecule has 1 atom stereocenters. The predicted octanol–water partition coefficient (Wildman–Crippen LogP) is 21.2. The van der Waals surface area contributed by atoms with Crippen molar-refractivity contribution in [1.29, 1.82) is 0 Å². The van der Waals surface area contributed by atoms with Crippen LogP contribution in [-0.4, -0.2) is 120 Å². The van der Waals surface area contributed by atoms with Crippen LogP contribution in [0.15, 0.2) is 242 Å². The zero-order chi connectivity index (χ0) is 87.6. The molecule has 120 heavy (non-hydrogen) atoms. The SMILES string of the molecule is Cc1c(B2OC(C)(C)C(C)(C)O2)cccc1-c1ccc(C=O)cc1.Cc1c(B2OC(C)(C)C(C)(C)O2)cccc1-c1cccc(-c2ccc(C=O)cc2)c1C.Cc1c(B2OC(C)(C)C(C)(C)O2)cccc1-c1cccc(-c2ccc(CN3CC[C@@H](O)C3)cc2)c1C.Cc1c(Br)cccc1Br.Cc1c(Br)cccc1Br.O=Cc1ccc(B(O)O)cc1. The number of benzene rings is 11. The van der Waals surface area contributed by atoms with Gasteiger partial charge in [-0.1, -0.05) is 264 Å². The fourth-order valence-corrected chi connectivity index (χ4v) is 16.4. The Morgan fingerprint density at radius 1 is 0.350 bits per heavy atom. The minimum absolute atomic E-state index is 0.179. The maximum Gasteiger partial charge on any atom is 0.495 e. The van der Waals surface area contributed by atoms with Crippen molar-refractivity contribution in [2.45, 2.75) is 184 Å². The van der Waals surface area contributed by atoms with Crippen LogP contribution in [0.2, 0.25) is 0 Å². The molecule has 0 aromatic heterocycles. The van der Waals surface area contributed by atoms with Gasteiger partial charge in [0.2, 0.25) is 0 Å². The molecule has 3 N–H and O–H groups in total. The van der Waals surface area contributed by atoms with E-state index in [4.69, 9.17) is 38.0 Å². The molecule has 0 unspecified atom stereocenters. The van der Waals surface area contributed by atoms with E-state index in [-0.39, 0.29) is 61.1 Å². The van der Waals surface area contributed by atoms with Crippen molar-refractivity contribution in [2.24, 2.45) is 0 Å². The smallest absolute Gasteiger partial charge is 0.423 e. The second-order valence-electron chi connectivity index (χ2n) is 34.0. The normalized spacial score (nSPS) is 16.8. The molecule has 0 amide bonds. The third-order valence-corrected chi connectivity index (χ3v) is 27.7. The van der Waals surface area contributed by atoms with Crippen LogP contribution < -0.4 is 21.9 Å². The Morgan fingerprint density at radius 3 is 0.875 bits per heavy atom. The van der Waals surface area contributed by atoms with Crippen molar-refractivity contribution in [3.63, 3.8) is 0 Å². The van der Waals surface area contributed by atoms with E-state index in [0.717, 1.165) is 106 Å². The first kappa shape index (κ1) is 94.5. The fourth-order valence-electron chi connectivity index (χ4n) is 14.4. The van der Waals surface area contributed by atoms with Crippen LogP contribution in [0.1, 0.15) is 165 Å². The molecule has 4 heterocycles. The maximum atomic E-state index is 11.0. The van der Waals surface area contributed by atoms with Crippen molar-refractivity contribution < 1.29 is 57.5 Å². The second kappa shape index (κ2) is 40.2. The summed E-state index contributed by atoms with van der Waals surface area (Å²) in [5.41, 5.74) is 24.8. The summed E-state index contributed by atoms with van der Waals surface area (Å²) in [5.74, 6) is 0. The van der Waals surface area contributed by atoms with E-state index in [1.165, 1.54) is 91.0 Å². The van der Waals surface area contributed by atoms with Crippen LogP contribution in [0.25, 0.3) is 55.6 Å². The number of hydrogen-bond acceptors (Lipinski definition) is 13. The number of aldehydes is 3. The quantitative estimate of drug-likeness (QED) is 0.0695. The molecular weight excluding hydrogens is 1760 g/mol. The standard InChI is InChI=1S/C31H38BNO3.C27H29BO3.C20H23BO3.C7H7BO3.2C7H6Br2/c1-21-26(24-15-13-23(14-16-24)19-33-18-17-25(34)20-33)9-7-10-27(21)28-11-8-12-29(22(28)2)32-35-30(3,4)31(5,6)36-32;1-18-22(21-15-13-20(17-29)14-16-21)9-7-10-23(18)24-11-8-12-25(19(24)2)28-30-26(3,4)27(5,6)31-28;1-14-17(16-11-9-15(13-22)10-12-16)7-6-8-18(14)21-23-19(2,3)20(4,5)24-21;9-5-6-1-3-7(4-2-6)8(10)11;2*1-5-6(8)3-2-4-7(5)9/h7-16,25,34H,17-20H2,1-6H3;7-17H,1-6H3;6-13H,1-5H3;1-5,10-11H;2*2-4H,1H3/t25-;;;;;/m1...../s1. The van der Waals surface area contributed by atoms with E-state index in [0.29, 0.717) is 28.4 Å². The highest BCUT2D eigenvalue weighted by atomic mass is 79.9. The predicted molar refractivity (Wildman–Crippen MR) is 509 cm³/mol. The van der Waals surface area contributed by atoms with Gasteiger partial charge < -0.3 is 43.1 Å².